The summed E-state index contributed by atoms with van der Waals surface area (Å²) < 4.78 is 10.2. The lowest BCUT2D eigenvalue weighted by Gasteiger charge is -1.99. The minimum atomic E-state index is -0.386. The van der Waals surface area contributed by atoms with Gasteiger partial charge in [0.25, 0.3) is 0 Å². The number of oxazole rings is 1. The molecule has 0 N–H and O–H groups in total. The molecule has 2 heterocycles. The molecule has 0 aliphatic carbocycles. The van der Waals surface area contributed by atoms with Crippen molar-refractivity contribution in [2.45, 2.75) is 20.4 Å². The molecule has 0 unspecified atom stereocenters. The first-order valence-electron chi connectivity index (χ1n) is 6.96. The van der Waals surface area contributed by atoms with Gasteiger partial charge in [-0.2, -0.15) is 4.80 Å². The Morgan fingerprint density at radius 1 is 1.26 bits per heavy atom. The average molecular weight is 313 g/mol. The Morgan fingerprint density at radius 2 is 2.00 bits per heavy atom. The zero-order valence-corrected chi connectivity index (χ0v) is 13.0. The van der Waals surface area contributed by atoms with Gasteiger partial charge in [-0.05, 0) is 31.2 Å². The van der Waals surface area contributed by atoms with E-state index in [4.69, 9.17) is 4.42 Å². The van der Waals surface area contributed by atoms with Gasteiger partial charge in [-0.3, -0.25) is 0 Å². The normalized spacial score (nSPS) is 10.7. The molecule has 8 heteroatoms. The summed E-state index contributed by atoms with van der Waals surface area (Å²) in [5.74, 6) is 1.38. The zero-order valence-electron chi connectivity index (χ0n) is 13.0. The van der Waals surface area contributed by atoms with E-state index in [-0.39, 0.29) is 5.97 Å². The number of tetrazole rings is 1. The van der Waals surface area contributed by atoms with Crippen LogP contribution in [0.25, 0.3) is 11.4 Å². The predicted molar refractivity (Wildman–Crippen MR) is 79.7 cm³/mol. The average Bonchev–Trinajstić information content (AvgIpc) is 3.14. The number of nitrogens with zero attached hydrogens (tertiary/aromatic N) is 5. The number of carbonyl (C=O) groups is 1. The van der Waals surface area contributed by atoms with Gasteiger partial charge in [0.15, 0.2) is 0 Å². The van der Waals surface area contributed by atoms with Crippen molar-refractivity contribution >= 4 is 5.97 Å². The first-order chi connectivity index (χ1) is 11.1. The van der Waals surface area contributed by atoms with E-state index in [2.05, 4.69) is 25.1 Å². The number of esters is 1. The number of hydrogen-bond donors (Lipinski definition) is 0. The summed E-state index contributed by atoms with van der Waals surface area (Å²) in [6, 6.07) is 6.80. The van der Waals surface area contributed by atoms with Crippen LogP contribution in [0.2, 0.25) is 0 Å². The first-order valence-corrected chi connectivity index (χ1v) is 6.96. The zero-order chi connectivity index (χ0) is 16.4. The second-order valence-corrected chi connectivity index (χ2v) is 4.96. The summed E-state index contributed by atoms with van der Waals surface area (Å²) in [5.41, 5.74) is 2.07. The van der Waals surface area contributed by atoms with Crippen LogP contribution < -0.4 is 0 Å². The van der Waals surface area contributed by atoms with E-state index >= 15 is 0 Å². The molecule has 3 aromatic rings. The summed E-state index contributed by atoms with van der Waals surface area (Å²) in [6.07, 6.45) is 0. The number of hydrogen-bond acceptors (Lipinski definition) is 7. The van der Waals surface area contributed by atoms with Crippen molar-refractivity contribution in [1.29, 1.82) is 0 Å². The van der Waals surface area contributed by atoms with Gasteiger partial charge in [0, 0.05) is 5.56 Å². The van der Waals surface area contributed by atoms with Gasteiger partial charge >= 0.3 is 5.97 Å². The van der Waals surface area contributed by atoms with E-state index in [0.717, 1.165) is 17.0 Å². The monoisotopic (exact) mass is 313 g/mol. The highest BCUT2D eigenvalue weighted by Crippen LogP contribution is 2.15. The molecule has 0 saturated heterocycles. The molecule has 0 amide bonds. The lowest BCUT2D eigenvalue weighted by Crippen LogP contribution is -2.04. The summed E-state index contributed by atoms with van der Waals surface area (Å²) in [5, 5.41) is 12.3. The molecule has 2 aromatic heterocycles. The molecule has 0 saturated carbocycles. The van der Waals surface area contributed by atoms with Crippen LogP contribution in [-0.2, 0) is 11.3 Å². The molecule has 0 spiro atoms. The van der Waals surface area contributed by atoms with Crippen LogP contribution in [0.15, 0.2) is 28.7 Å². The maximum absolute atomic E-state index is 11.4. The number of aryl methyl sites for hydroxylation is 2. The molecular weight excluding hydrogens is 298 g/mol. The predicted octanol–water partition coefficient (Wildman–Crippen LogP) is 1.78. The fourth-order valence-corrected chi connectivity index (χ4v) is 2.03. The summed E-state index contributed by atoms with van der Waals surface area (Å²) in [7, 11) is 1.34. The number of benzene rings is 1. The van der Waals surface area contributed by atoms with Gasteiger partial charge in [0.1, 0.15) is 12.3 Å². The van der Waals surface area contributed by atoms with Crippen LogP contribution in [0.1, 0.15) is 27.7 Å². The van der Waals surface area contributed by atoms with Gasteiger partial charge in [0.05, 0.1) is 18.4 Å². The molecule has 0 fully saturated rings. The minimum Gasteiger partial charge on any atom is -0.465 e. The van der Waals surface area contributed by atoms with Crippen molar-refractivity contribution < 1.29 is 13.9 Å². The Balaban J connectivity index is 1.77. The number of aromatic nitrogens is 5. The second kappa shape index (κ2) is 5.99. The minimum absolute atomic E-state index is 0.307. The maximum Gasteiger partial charge on any atom is 0.337 e. The van der Waals surface area contributed by atoms with Gasteiger partial charge in [-0.1, -0.05) is 12.1 Å². The second-order valence-electron chi connectivity index (χ2n) is 4.96. The Hall–Kier alpha value is -3.03. The van der Waals surface area contributed by atoms with E-state index < -0.39 is 0 Å². The molecule has 118 valence electrons. The van der Waals surface area contributed by atoms with Gasteiger partial charge in [0.2, 0.25) is 11.7 Å². The number of ether oxygens (including phenoxy) is 1. The van der Waals surface area contributed by atoms with E-state index in [0.29, 0.717) is 23.8 Å². The van der Waals surface area contributed by atoms with Crippen LogP contribution in [0.5, 0.6) is 0 Å². The summed E-state index contributed by atoms with van der Waals surface area (Å²) in [6.45, 7) is 4.04. The fraction of sp³-hybridized carbons (Fsp3) is 0.267. The standard InChI is InChI=1S/C15H15N5O3/c1-9-10(2)23-13(16-9)8-20-18-14(17-19-20)11-4-6-12(7-5-11)15(21)22-3/h4-7H,8H2,1-3H3. The van der Waals surface area contributed by atoms with E-state index in [1.807, 2.05) is 13.8 Å². The van der Waals surface area contributed by atoms with Gasteiger partial charge < -0.3 is 9.15 Å². The highest BCUT2D eigenvalue weighted by molar-refractivity contribution is 5.89. The van der Waals surface area contributed by atoms with Gasteiger partial charge in [-0.15, -0.1) is 10.2 Å². The number of carbonyl (C=O) groups excluding carboxylic acids is 1. The Labute approximate surface area is 132 Å². The quantitative estimate of drug-likeness (QED) is 0.677. The SMILES string of the molecule is COC(=O)c1ccc(-c2nnn(Cc3nc(C)c(C)o3)n2)cc1. The molecule has 0 aliphatic heterocycles. The molecule has 23 heavy (non-hydrogen) atoms. The Kier molecular flexibility index (Phi) is 3.88. The fourth-order valence-electron chi connectivity index (χ4n) is 2.03. The summed E-state index contributed by atoms with van der Waals surface area (Å²) in [4.78, 5) is 17.1. The third kappa shape index (κ3) is 3.10. The van der Waals surface area contributed by atoms with Crippen LogP contribution in [0.3, 0.4) is 0 Å². The highest BCUT2D eigenvalue weighted by atomic mass is 16.5. The lowest BCUT2D eigenvalue weighted by molar-refractivity contribution is 0.0601. The molecule has 8 nitrogen and oxygen atoms in total. The topological polar surface area (TPSA) is 95.9 Å². The number of methoxy groups -OCH3 is 1. The van der Waals surface area contributed by atoms with Crippen molar-refractivity contribution in [1.82, 2.24) is 25.2 Å². The van der Waals surface area contributed by atoms with Crippen LogP contribution in [0.4, 0.5) is 0 Å². The van der Waals surface area contributed by atoms with E-state index in [9.17, 15) is 4.79 Å². The molecular formula is C15H15N5O3. The Bertz CT molecular complexity index is 816. The molecule has 0 aliphatic rings. The van der Waals surface area contributed by atoms with Crippen LogP contribution in [0, 0.1) is 13.8 Å². The largest absolute Gasteiger partial charge is 0.465 e. The van der Waals surface area contributed by atoms with Crippen LogP contribution in [-0.4, -0.2) is 38.3 Å². The first kappa shape index (κ1) is 14.9. The molecule has 3 rings (SSSR count). The van der Waals surface area contributed by atoms with Crippen molar-refractivity contribution in [2.75, 3.05) is 7.11 Å². The molecule has 0 radical (unpaired) electrons. The van der Waals surface area contributed by atoms with E-state index in [1.165, 1.54) is 11.9 Å². The number of rotatable bonds is 4. The maximum atomic E-state index is 11.4. The van der Waals surface area contributed by atoms with Crippen molar-refractivity contribution in [3.05, 3.63) is 47.2 Å². The molecule has 1 aromatic carbocycles. The van der Waals surface area contributed by atoms with Crippen LogP contribution >= 0.6 is 0 Å². The molecule has 0 bridgehead atoms. The van der Waals surface area contributed by atoms with Crippen molar-refractivity contribution in [3.8, 4) is 11.4 Å². The van der Waals surface area contributed by atoms with E-state index in [1.54, 1.807) is 24.3 Å². The smallest absolute Gasteiger partial charge is 0.337 e. The third-order valence-corrected chi connectivity index (χ3v) is 3.37. The van der Waals surface area contributed by atoms with Gasteiger partial charge in [-0.25, -0.2) is 9.78 Å². The highest BCUT2D eigenvalue weighted by Gasteiger charge is 2.11. The Morgan fingerprint density at radius 3 is 2.61 bits per heavy atom. The lowest BCUT2D eigenvalue weighted by atomic mass is 10.1. The van der Waals surface area contributed by atoms with Crippen molar-refractivity contribution in [3.63, 3.8) is 0 Å². The van der Waals surface area contributed by atoms with Crippen molar-refractivity contribution in [2.24, 2.45) is 0 Å². The third-order valence-electron chi connectivity index (χ3n) is 3.37. The summed E-state index contributed by atoms with van der Waals surface area (Å²) >= 11 is 0. The molecule has 0 atom stereocenters.